The number of carbonyl (C=O) groups is 1. The largest absolute Gasteiger partial charge is 0.426 e. The lowest BCUT2D eigenvalue weighted by atomic mass is 10.2. The summed E-state index contributed by atoms with van der Waals surface area (Å²) in [7, 11) is -3.59. The molecule has 36 heavy (non-hydrogen) atoms. The second kappa shape index (κ2) is 11.9. The van der Waals surface area contributed by atoms with Gasteiger partial charge in [-0.15, -0.1) is 0 Å². The molecule has 2 aromatic carbocycles. The van der Waals surface area contributed by atoms with Crippen molar-refractivity contribution in [3.8, 4) is 5.75 Å². The van der Waals surface area contributed by atoms with Gasteiger partial charge < -0.3 is 24.3 Å². The van der Waals surface area contributed by atoms with Gasteiger partial charge in [0.25, 0.3) is 7.52 Å². The molecule has 11 nitrogen and oxygen atoms in total. The number of hydrogen-bond donors (Lipinski definition) is 2. The molecule has 188 valence electrons. The van der Waals surface area contributed by atoms with Crippen LogP contribution in [-0.4, -0.2) is 44.5 Å². The Morgan fingerprint density at radius 2 is 1.81 bits per heavy atom. The zero-order valence-electron chi connectivity index (χ0n) is 19.7. The minimum Gasteiger partial charge on any atom is -0.426 e. The summed E-state index contributed by atoms with van der Waals surface area (Å²) in [6, 6.07) is 17.9. The second-order valence-electron chi connectivity index (χ2n) is 7.99. The Hall–Kier alpha value is -3.63. The maximum absolute atomic E-state index is 13.6. The summed E-state index contributed by atoms with van der Waals surface area (Å²) in [5, 5.41) is 2.72. The maximum atomic E-state index is 13.6. The van der Waals surface area contributed by atoms with Crippen LogP contribution < -0.4 is 15.6 Å². The van der Waals surface area contributed by atoms with Gasteiger partial charge in [-0.25, -0.2) is 20.0 Å². The molecule has 4 rings (SSSR count). The Labute approximate surface area is 208 Å². The predicted molar refractivity (Wildman–Crippen MR) is 134 cm³/mol. The number of hydrogen-bond acceptors (Lipinski definition) is 9. The van der Waals surface area contributed by atoms with E-state index in [9.17, 15) is 9.36 Å². The molecular formula is C24H27N6O5P. The lowest BCUT2D eigenvalue weighted by molar-refractivity contribution is -0.133. The number of nitrogens with two attached hydrogens (primary N) is 1. The Morgan fingerprint density at radius 1 is 1.08 bits per heavy atom. The van der Waals surface area contributed by atoms with Crippen LogP contribution in [0.1, 0.15) is 12.5 Å². The SMILES string of the molecule is C[C@H](Cn1cnc2c(N)ncnc21)OC[P@](=O)(NCC(=O)Oc1ccccc1)OCc1ccccc1. The Balaban J connectivity index is 1.38. The topological polar surface area (TPSA) is 143 Å². The first-order chi connectivity index (χ1) is 17.4. The first kappa shape index (κ1) is 25.5. The van der Waals surface area contributed by atoms with Crippen LogP contribution in [0.4, 0.5) is 5.82 Å². The van der Waals surface area contributed by atoms with Crippen LogP contribution in [0.25, 0.3) is 11.2 Å². The fourth-order valence-corrected chi connectivity index (χ4v) is 4.75. The number of carbonyl (C=O) groups excluding carboxylic acids is 1. The molecule has 0 aliphatic carbocycles. The van der Waals surface area contributed by atoms with Crippen LogP contribution in [0.15, 0.2) is 73.3 Å². The molecule has 0 amide bonds. The van der Waals surface area contributed by atoms with Crippen molar-refractivity contribution in [1.82, 2.24) is 24.6 Å². The lowest BCUT2D eigenvalue weighted by Gasteiger charge is -2.22. The van der Waals surface area contributed by atoms with E-state index in [0.29, 0.717) is 23.5 Å². The molecule has 2 heterocycles. The summed E-state index contributed by atoms with van der Waals surface area (Å²) < 4.78 is 32.2. The standard InChI is InChI=1S/C24H27N6O5P/c1-18(13-30-16-28-22-23(25)26-15-27-24(22)30)33-17-36(32,34-14-19-8-4-2-5-9-19)29-12-21(31)35-20-10-6-3-7-11-20/h2-11,15-16,18H,12-14,17H2,1H3,(H,29,32)(H2,25,26,27)/t18-,36-/m1/s1. The molecule has 0 aliphatic rings. The zero-order chi connectivity index (χ0) is 25.4. The summed E-state index contributed by atoms with van der Waals surface area (Å²) in [4.78, 5) is 24.7. The average molecular weight is 510 g/mol. The van der Waals surface area contributed by atoms with E-state index in [4.69, 9.17) is 19.7 Å². The van der Waals surface area contributed by atoms with Gasteiger partial charge in [-0.2, -0.15) is 0 Å². The molecule has 0 saturated carbocycles. The molecule has 0 fully saturated rings. The van der Waals surface area contributed by atoms with Crippen LogP contribution in [0.3, 0.4) is 0 Å². The summed E-state index contributed by atoms with van der Waals surface area (Å²) in [6.45, 7) is 1.96. The molecule has 0 unspecified atom stereocenters. The van der Waals surface area contributed by atoms with Crippen molar-refractivity contribution in [2.24, 2.45) is 0 Å². The normalized spacial score (nSPS) is 13.8. The predicted octanol–water partition coefficient (Wildman–Crippen LogP) is 3.38. The van der Waals surface area contributed by atoms with E-state index in [1.165, 1.54) is 6.33 Å². The third-order valence-corrected chi connectivity index (χ3v) is 6.81. The number of nitrogen functional groups attached to an aromatic ring is 1. The molecule has 0 saturated heterocycles. The molecular weight excluding hydrogens is 483 g/mol. The number of nitrogens with one attached hydrogen (secondary N) is 1. The van der Waals surface area contributed by atoms with E-state index in [1.54, 1.807) is 35.2 Å². The van der Waals surface area contributed by atoms with Crippen LogP contribution in [0.2, 0.25) is 0 Å². The van der Waals surface area contributed by atoms with Crippen molar-refractivity contribution in [2.75, 3.05) is 18.6 Å². The van der Waals surface area contributed by atoms with Crippen molar-refractivity contribution in [1.29, 1.82) is 0 Å². The highest BCUT2D eigenvalue weighted by Crippen LogP contribution is 2.43. The number of ether oxygens (including phenoxy) is 2. The third-order valence-electron chi connectivity index (χ3n) is 5.13. The Bertz CT molecular complexity index is 1330. The number of nitrogens with zero attached hydrogens (tertiary/aromatic N) is 4. The fraction of sp³-hybridized carbons (Fsp3) is 0.250. The van der Waals surface area contributed by atoms with Gasteiger partial charge in [-0.1, -0.05) is 48.5 Å². The van der Waals surface area contributed by atoms with Crippen LogP contribution in [0, 0.1) is 0 Å². The molecule has 2 atom stereocenters. The van der Waals surface area contributed by atoms with Gasteiger partial charge in [-0.05, 0) is 24.6 Å². The third kappa shape index (κ3) is 6.96. The van der Waals surface area contributed by atoms with Gasteiger partial charge in [0.15, 0.2) is 11.5 Å². The number of benzene rings is 2. The molecule has 4 aromatic rings. The van der Waals surface area contributed by atoms with Gasteiger partial charge >= 0.3 is 5.97 Å². The van der Waals surface area contributed by atoms with Crippen LogP contribution in [-0.2, 0) is 31.8 Å². The number of imidazole rings is 1. The number of rotatable bonds is 12. The van der Waals surface area contributed by atoms with Gasteiger partial charge in [0.2, 0.25) is 0 Å². The minimum atomic E-state index is -3.59. The smallest absolute Gasteiger partial charge is 0.325 e. The highest BCUT2D eigenvalue weighted by atomic mass is 31.2. The minimum absolute atomic E-state index is 0.0823. The monoisotopic (exact) mass is 510 g/mol. The van der Waals surface area contributed by atoms with E-state index < -0.39 is 13.5 Å². The van der Waals surface area contributed by atoms with Crippen molar-refractivity contribution in [3.05, 3.63) is 78.9 Å². The highest BCUT2D eigenvalue weighted by Gasteiger charge is 2.26. The van der Waals surface area contributed by atoms with Crippen molar-refractivity contribution < 1.29 is 23.4 Å². The average Bonchev–Trinajstić information content (AvgIpc) is 3.30. The summed E-state index contributed by atoms with van der Waals surface area (Å²) in [5.41, 5.74) is 7.75. The van der Waals surface area contributed by atoms with E-state index in [0.717, 1.165) is 5.56 Å². The zero-order valence-corrected chi connectivity index (χ0v) is 20.6. The van der Waals surface area contributed by atoms with Gasteiger partial charge in [0.05, 0.1) is 25.6 Å². The molecule has 3 N–H and O–H groups in total. The summed E-state index contributed by atoms with van der Waals surface area (Å²) >= 11 is 0. The quantitative estimate of drug-likeness (QED) is 0.165. The molecule has 0 aliphatic heterocycles. The maximum Gasteiger partial charge on any atom is 0.325 e. The second-order valence-corrected chi connectivity index (χ2v) is 10.2. The number of anilines is 1. The molecule has 0 spiro atoms. The number of aromatic nitrogens is 4. The Kier molecular flexibility index (Phi) is 8.40. The van der Waals surface area contributed by atoms with Crippen molar-refractivity contribution >= 4 is 30.5 Å². The summed E-state index contributed by atoms with van der Waals surface area (Å²) in [5.74, 6) is 0.0869. The van der Waals surface area contributed by atoms with Gasteiger partial charge in [-0.3, -0.25) is 9.36 Å². The van der Waals surface area contributed by atoms with E-state index in [-0.39, 0.29) is 31.4 Å². The molecule has 12 heteroatoms. The van der Waals surface area contributed by atoms with Crippen LogP contribution >= 0.6 is 7.52 Å². The Morgan fingerprint density at radius 3 is 2.56 bits per heavy atom. The highest BCUT2D eigenvalue weighted by molar-refractivity contribution is 7.56. The van der Waals surface area contributed by atoms with E-state index >= 15 is 0 Å². The van der Waals surface area contributed by atoms with Crippen LogP contribution in [0.5, 0.6) is 5.75 Å². The molecule has 0 bridgehead atoms. The van der Waals surface area contributed by atoms with Gasteiger partial charge in [0.1, 0.15) is 30.5 Å². The van der Waals surface area contributed by atoms with Crippen molar-refractivity contribution in [2.45, 2.75) is 26.2 Å². The van der Waals surface area contributed by atoms with E-state index in [1.807, 2.05) is 43.3 Å². The number of para-hydroxylation sites is 1. The van der Waals surface area contributed by atoms with E-state index in [2.05, 4.69) is 20.0 Å². The first-order valence-electron chi connectivity index (χ1n) is 11.2. The lowest BCUT2D eigenvalue weighted by Crippen LogP contribution is -2.28. The number of fused-ring (bicyclic) bond motifs is 1. The van der Waals surface area contributed by atoms with Crippen molar-refractivity contribution in [3.63, 3.8) is 0 Å². The molecule has 2 aromatic heterocycles. The van der Waals surface area contributed by atoms with Gasteiger partial charge in [0, 0.05) is 0 Å². The molecule has 0 radical (unpaired) electrons. The summed E-state index contributed by atoms with van der Waals surface area (Å²) in [6.07, 6.45) is 2.32. The fourth-order valence-electron chi connectivity index (χ4n) is 3.31. The number of esters is 1. The first-order valence-corrected chi connectivity index (χ1v) is 13.0.